The predicted octanol–water partition coefficient (Wildman–Crippen LogP) is 2.43. The van der Waals surface area contributed by atoms with Gasteiger partial charge in [0.05, 0.1) is 24.8 Å². The van der Waals surface area contributed by atoms with Gasteiger partial charge in [-0.1, -0.05) is 0 Å². The minimum absolute atomic E-state index is 0.140. The molecule has 0 radical (unpaired) electrons. The Kier molecular flexibility index (Phi) is 4.63. The molecule has 0 amide bonds. The molecule has 4 rings (SSSR count). The lowest BCUT2D eigenvalue weighted by molar-refractivity contribution is 0.413. The normalized spacial score (nSPS) is 10.9. The number of nitrogens with one attached hydrogen (secondary N) is 1. The summed E-state index contributed by atoms with van der Waals surface area (Å²) in [5.41, 5.74) is 2.88. The van der Waals surface area contributed by atoms with E-state index in [0.717, 1.165) is 16.9 Å². The molecule has 9 heteroatoms. The van der Waals surface area contributed by atoms with Crippen molar-refractivity contribution in [3.8, 4) is 22.8 Å². The number of ether oxygens (including phenoxy) is 1. The van der Waals surface area contributed by atoms with Crippen LogP contribution in [0, 0.1) is 6.92 Å². The van der Waals surface area contributed by atoms with Crippen LogP contribution in [0.25, 0.3) is 17.1 Å². The third kappa shape index (κ3) is 3.49. The van der Waals surface area contributed by atoms with Gasteiger partial charge in [-0.05, 0) is 37.3 Å². The van der Waals surface area contributed by atoms with Gasteiger partial charge in [0, 0.05) is 32.1 Å². The van der Waals surface area contributed by atoms with E-state index in [0.29, 0.717) is 23.2 Å². The Morgan fingerprint density at radius 1 is 1.17 bits per heavy atom. The Balaban J connectivity index is 1.68. The van der Waals surface area contributed by atoms with Gasteiger partial charge in [0.2, 0.25) is 5.95 Å². The lowest BCUT2D eigenvalue weighted by Crippen LogP contribution is -2.19. The average Bonchev–Trinajstić information content (AvgIpc) is 3.31. The Morgan fingerprint density at radius 3 is 2.72 bits per heavy atom. The summed E-state index contributed by atoms with van der Waals surface area (Å²) >= 11 is 0. The Labute approximate surface area is 167 Å². The van der Waals surface area contributed by atoms with Crippen LogP contribution in [0.2, 0.25) is 0 Å². The molecule has 3 heterocycles. The zero-order chi connectivity index (χ0) is 20.5. The fourth-order valence-corrected chi connectivity index (χ4v) is 3.01. The summed E-state index contributed by atoms with van der Waals surface area (Å²) in [6, 6.07) is 9.24. The predicted molar refractivity (Wildman–Crippen MR) is 110 cm³/mol. The maximum Gasteiger partial charge on any atom is 0.274 e. The number of hydrogen-bond acceptors (Lipinski definition) is 6. The maximum absolute atomic E-state index is 12.2. The molecule has 0 bridgehead atoms. The highest BCUT2D eigenvalue weighted by Gasteiger charge is 2.14. The number of methoxy groups -OCH3 is 1. The monoisotopic (exact) mass is 391 g/mol. The van der Waals surface area contributed by atoms with Crippen LogP contribution in [0.15, 0.2) is 53.8 Å². The van der Waals surface area contributed by atoms with E-state index in [4.69, 9.17) is 4.74 Å². The van der Waals surface area contributed by atoms with Crippen molar-refractivity contribution in [3.63, 3.8) is 0 Å². The molecule has 0 aliphatic carbocycles. The van der Waals surface area contributed by atoms with Crippen molar-refractivity contribution in [2.45, 2.75) is 6.92 Å². The van der Waals surface area contributed by atoms with Crippen molar-refractivity contribution in [1.82, 2.24) is 28.9 Å². The fraction of sp³-hybridized carbons (Fsp3) is 0.200. The second-order valence-corrected chi connectivity index (χ2v) is 6.65. The fourth-order valence-electron chi connectivity index (χ4n) is 3.01. The summed E-state index contributed by atoms with van der Waals surface area (Å²) in [7, 11) is 5.09. The number of imidazole rings is 1. The van der Waals surface area contributed by atoms with Crippen molar-refractivity contribution in [2.75, 3.05) is 12.4 Å². The van der Waals surface area contributed by atoms with Gasteiger partial charge in [-0.15, -0.1) is 5.10 Å². The van der Waals surface area contributed by atoms with E-state index in [1.165, 1.54) is 4.57 Å². The van der Waals surface area contributed by atoms with Crippen molar-refractivity contribution in [1.29, 1.82) is 0 Å². The zero-order valence-electron chi connectivity index (χ0n) is 16.6. The van der Waals surface area contributed by atoms with E-state index >= 15 is 0 Å². The third-order valence-corrected chi connectivity index (χ3v) is 4.56. The molecule has 4 aromatic rings. The van der Waals surface area contributed by atoms with Crippen molar-refractivity contribution < 1.29 is 4.74 Å². The number of pyridine rings is 1. The summed E-state index contributed by atoms with van der Waals surface area (Å²) in [6.07, 6.45) is 5.37. The standard InChI is InChI=1S/C20H21N7O2/c1-13-11-27(12-21-13)16-8-7-14(10-17(16)29-4)18-23-20(26(3)24-18)22-15-6-5-9-25(2)19(15)28/h5-12H,1-4H3,(H,22,23,24). The number of rotatable bonds is 5. The van der Waals surface area contributed by atoms with Crippen LogP contribution in [0.1, 0.15) is 5.69 Å². The van der Waals surface area contributed by atoms with E-state index in [2.05, 4.69) is 20.4 Å². The average molecular weight is 391 g/mol. The summed E-state index contributed by atoms with van der Waals surface area (Å²) in [6.45, 7) is 1.93. The molecule has 9 nitrogen and oxygen atoms in total. The summed E-state index contributed by atoms with van der Waals surface area (Å²) in [4.78, 5) is 21.0. The summed E-state index contributed by atoms with van der Waals surface area (Å²) in [5.74, 6) is 1.67. The second-order valence-electron chi connectivity index (χ2n) is 6.65. The van der Waals surface area contributed by atoms with Crippen molar-refractivity contribution in [3.05, 3.63) is 65.1 Å². The number of anilines is 2. The van der Waals surface area contributed by atoms with Gasteiger partial charge < -0.3 is 19.2 Å². The highest BCUT2D eigenvalue weighted by atomic mass is 16.5. The Morgan fingerprint density at radius 2 is 2.00 bits per heavy atom. The minimum Gasteiger partial charge on any atom is -0.495 e. The molecule has 0 saturated heterocycles. The number of benzene rings is 1. The maximum atomic E-state index is 12.2. The molecule has 0 aliphatic rings. The van der Waals surface area contributed by atoms with Gasteiger partial charge in [0.1, 0.15) is 11.4 Å². The van der Waals surface area contributed by atoms with Crippen LogP contribution < -0.4 is 15.6 Å². The number of hydrogen-bond donors (Lipinski definition) is 1. The molecule has 0 saturated carbocycles. The molecule has 1 N–H and O–H groups in total. The number of nitrogens with zero attached hydrogens (tertiary/aromatic N) is 6. The van der Waals surface area contributed by atoms with Crippen LogP contribution in [0.3, 0.4) is 0 Å². The van der Waals surface area contributed by atoms with E-state index in [1.807, 2.05) is 35.9 Å². The first-order valence-corrected chi connectivity index (χ1v) is 8.99. The first-order valence-electron chi connectivity index (χ1n) is 8.99. The van der Waals surface area contributed by atoms with E-state index in [1.54, 1.807) is 50.5 Å². The van der Waals surface area contributed by atoms with Crippen LogP contribution >= 0.6 is 0 Å². The van der Waals surface area contributed by atoms with Gasteiger partial charge in [-0.2, -0.15) is 4.98 Å². The molecular formula is C20H21N7O2. The highest BCUT2D eigenvalue weighted by Crippen LogP contribution is 2.29. The first kappa shape index (κ1) is 18.5. The van der Waals surface area contributed by atoms with Crippen LogP contribution in [0.4, 0.5) is 11.6 Å². The van der Waals surface area contributed by atoms with Gasteiger partial charge in [-0.25, -0.2) is 9.67 Å². The smallest absolute Gasteiger partial charge is 0.274 e. The molecule has 0 atom stereocenters. The highest BCUT2D eigenvalue weighted by molar-refractivity contribution is 5.64. The number of aryl methyl sites for hydroxylation is 3. The second kappa shape index (κ2) is 7.27. The van der Waals surface area contributed by atoms with Crippen LogP contribution in [-0.4, -0.2) is 36.0 Å². The minimum atomic E-state index is -0.140. The molecule has 148 valence electrons. The topological polar surface area (TPSA) is 91.8 Å². The Bertz CT molecular complexity index is 1240. The van der Waals surface area contributed by atoms with Crippen LogP contribution in [-0.2, 0) is 14.1 Å². The van der Waals surface area contributed by atoms with E-state index in [9.17, 15) is 4.79 Å². The quantitative estimate of drug-likeness (QED) is 0.562. The third-order valence-electron chi connectivity index (χ3n) is 4.56. The van der Waals surface area contributed by atoms with Gasteiger partial charge >= 0.3 is 0 Å². The first-order chi connectivity index (χ1) is 14.0. The SMILES string of the molecule is COc1cc(-c2nc(Nc3cccn(C)c3=O)n(C)n2)ccc1-n1cnc(C)c1. The van der Waals surface area contributed by atoms with Crippen molar-refractivity contribution in [2.24, 2.45) is 14.1 Å². The molecule has 0 spiro atoms. The van der Waals surface area contributed by atoms with Crippen molar-refractivity contribution >= 4 is 11.6 Å². The Hall–Kier alpha value is -3.88. The molecule has 3 aromatic heterocycles. The van der Waals surface area contributed by atoms with E-state index < -0.39 is 0 Å². The zero-order valence-corrected chi connectivity index (χ0v) is 16.6. The molecule has 29 heavy (non-hydrogen) atoms. The largest absolute Gasteiger partial charge is 0.495 e. The molecular weight excluding hydrogens is 370 g/mol. The summed E-state index contributed by atoms with van der Waals surface area (Å²) < 4.78 is 10.6. The molecule has 1 aromatic carbocycles. The number of aromatic nitrogens is 6. The molecule has 0 aliphatic heterocycles. The lowest BCUT2D eigenvalue weighted by atomic mass is 10.1. The van der Waals surface area contributed by atoms with Crippen LogP contribution in [0.5, 0.6) is 5.75 Å². The lowest BCUT2D eigenvalue weighted by Gasteiger charge is -2.10. The van der Waals surface area contributed by atoms with Gasteiger partial charge in [0.15, 0.2) is 5.82 Å². The summed E-state index contributed by atoms with van der Waals surface area (Å²) in [5, 5.41) is 7.52. The van der Waals surface area contributed by atoms with Gasteiger partial charge in [0.25, 0.3) is 5.56 Å². The van der Waals surface area contributed by atoms with Gasteiger partial charge in [-0.3, -0.25) is 4.79 Å². The molecule has 0 unspecified atom stereocenters. The molecule has 0 fully saturated rings. The van der Waals surface area contributed by atoms with E-state index in [-0.39, 0.29) is 5.56 Å².